The van der Waals surface area contributed by atoms with Gasteiger partial charge in [0.1, 0.15) is 0 Å². The van der Waals surface area contributed by atoms with E-state index in [1.807, 2.05) is 18.7 Å². The predicted octanol–water partition coefficient (Wildman–Crippen LogP) is 0.171. The van der Waals surface area contributed by atoms with Crippen molar-refractivity contribution in [2.24, 2.45) is 5.84 Å². The van der Waals surface area contributed by atoms with E-state index >= 15 is 0 Å². The number of ether oxygens (including phenoxy) is 2. The van der Waals surface area contributed by atoms with Crippen LogP contribution in [0.15, 0.2) is 0 Å². The zero-order chi connectivity index (χ0) is 13.7. The molecule has 0 atom stereocenters. The van der Waals surface area contributed by atoms with Crippen LogP contribution in [0.2, 0.25) is 0 Å². The molecule has 0 aliphatic carbocycles. The summed E-state index contributed by atoms with van der Waals surface area (Å²) in [6, 6.07) is 0.276. The number of anilines is 2. The van der Waals surface area contributed by atoms with Gasteiger partial charge in [-0.05, 0) is 20.3 Å². The molecule has 0 radical (unpaired) electrons. The van der Waals surface area contributed by atoms with Crippen molar-refractivity contribution in [1.29, 1.82) is 0 Å². The standard InChI is InChI=1S/C11H20N6O2/c1-8(2)19-11-14-9(16-12)13-10(15-11)17-4-3-6-18-7-5-17/h8H,3-7,12H2,1-2H3,(H,13,14,15,16). The van der Waals surface area contributed by atoms with Gasteiger partial charge in [-0.2, -0.15) is 15.0 Å². The van der Waals surface area contributed by atoms with Gasteiger partial charge in [0.25, 0.3) is 0 Å². The molecule has 19 heavy (non-hydrogen) atoms. The van der Waals surface area contributed by atoms with E-state index in [2.05, 4.69) is 20.4 Å². The van der Waals surface area contributed by atoms with Crippen molar-refractivity contribution in [2.75, 3.05) is 36.6 Å². The van der Waals surface area contributed by atoms with Crippen molar-refractivity contribution < 1.29 is 9.47 Å². The summed E-state index contributed by atoms with van der Waals surface area (Å²) in [6.07, 6.45) is 0.936. The van der Waals surface area contributed by atoms with Crippen LogP contribution in [0.3, 0.4) is 0 Å². The van der Waals surface area contributed by atoms with Crippen molar-refractivity contribution in [1.82, 2.24) is 15.0 Å². The summed E-state index contributed by atoms with van der Waals surface area (Å²) in [5.74, 6) is 6.23. The highest BCUT2D eigenvalue weighted by molar-refractivity contribution is 5.37. The van der Waals surface area contributed by atoms with Gasteiger partial charge < -0.3 is 14.4 Å². The molecule has 0 aromatic carbocycles. The molecular weight excluding hydrogens is 248 g/mol. The number of nitrogens with two attached hydrogens (primary N) is 1. The van der Waals surface area contributed by atoms with Crippen LogP contribution < -0.4 is 20.9 Å². The van der Waals surface area contributed by atoms with Gasteiger partial charge in [-0.15, -0.1) is 0 Å². The molecule has 1 fully saturated rings. The molecule has 8 nitrogen and oxygen atoms in total. The van der Waals surface area contributed by atoms with Gasteiger partial charge in [0.2, 0.25) is 11.9 Å². The van der Waals surface area contributed by atoms with Crippen LogP contribution in [0.1, 0.15) is 20.3 Å². The Morgan fingerprint density at radius 2 is 2.11 bits per heavy atom. The van der Waals surface area contributed by atoms with E-state index < -0.39 is 0 Å². The number of nitrogens with zero attached hydrogens (tertiary/aromatic N) is 4. The highest BCUT2D eigenvalue weighted by Crippen LogP contribution is 2.16. The Morgan fingerprint density at radius 3 is 2.84 bits per heavy atom. The molecule has 0 spiro atoms. The number of hydrazine groups is 1. The minimum absolute atomic E-state index is 0.00617. The molecule has 2 heterocycles. The maximum atomic E-state index is 5.50. The van der Waals surface area contributed by atoms with E-state index in [4.69, 9.17) is 15.3 Å². The summed E-state index contributed by atoms with van der Waals surface area (Å²) in [7, 11) is 0. The third-order valence-electron chi connectivity index (χ3n) is 2.58. The van der Waals surface area contributed by atoms with E-state index in [-0.39, 0.29) is 12.1 Å². The topological polar surface area (TPSA) is 98.4 Å². The largest absolute Gasteiger partial charge is 0.461 e. The second-order valence-electron chi connectivity index (χ2n) is 4.51. The van der Waals surface area contributed by atoms with Gasteiger partial charge >= 0.3 is 6.01 Å². The molecule has 0 saturated carbocycles. The number of aromatic nitrogens is 3. The Bertz CT molecular complexity index is 406. The Labute approximate surface area is 112 Å². The van der Waals surface area contributed by atoms with Crippen LogP contribution in [0.25, 0.3) is 0 Å². The Morgan fingerprint density at radius 1 is 1.26 bits per heavy atom. The first-order valence-electron chi connectivity index (χ1n) is 6.41. The summed E-state index contributed by atoms with van der Waals surface area (Å²) in [6.45, 7) is 6.85. The third kappa shape index (κ3) is 3.90. The second-order valence-corrected chi connectivity index (χ2v) is 4.51. The fraction of sp³-hybridized carbons (Fsp3) is 0.727. The Balaban J connectivity index is 2.22. The van der Waals surface area contributed by atoms with Gasteiger partial charge in [-0.25, -0.2) is 5.84 Å². The lowest BCUT2D eigenvalue weighted by molar-refractivity contribution is 0.152. The van der Waals surface area contributed by atoms with Gasteiger partial charge in [-0.3, -0.25) is 5.43 Å². The Kier molecular flexibility index (Phi) is 4.69. The van der Waals surface area contributed by atoms with Crippen molar-refractivity contribution in [2.45, 2.75) is 26.4 Å². The van der Waals surface area contributed by atoms with Crippen molar-refractivity contribution in [3.63, 3.8) is 0 Å². The highest BCUT2D eigenvalue weighted by atomic mass is 16.5. The Hall–Kier alpha value is -1.67. The van der Waals surface area contributed by atoms with Gasteiger partial charge in [0.05, 0.1) is 12.7 Å². The van der Waals surface area contributed by atoms with Crippen molar-refractivity contribution in [3.8, 4) is 6.01 Å². The van der Waals surface area contributed by atoms with Crippen LogP contribution in [-0.4, -0.2) is 47.4 Å². The number of rotatable bonds is 4. The molecule has 1 aliphatic heterocycles. The average Bonchev–Trinajstić information content (AvgIpc) is 2.66. The molecule has 106 valence electrons. The molecule has 8 heteroatoms. The fourth-order valence-electron chi connectivity index (χ4n) is 1.76. The lowest BCUT2D eigenvalue weighted by atomic mass is 10.4. The second kappa shape index (κ2) is 6.48. The maximum Gasteiger partial charge on any atom is 0.323 e. The molecule has 1 aromatic rings. The zero-order valence-corrected chi connectivity index (χ0v) is 11.3. The van der Waals surface area contributed by atoms with E-state index in [1.165, 1.54) is 0 Å². The SMILES string of the molecule is CC(C)Oc1nc(NN)nc(N2CCCOCC2)n1. The van der Waals surface area contributed by atoms with Crippen LogP contribution in [0.4, 0.5) is 11.9 Å². The molecule has 1 aromatic heterocycles. The molecule has 3 N–H and O–H groups in total. The molecule has 0 unspecified atom stereocenters. The number of nitrogens with one attached hydrogen (secondary N) is 1. The van der Waals surface area contributed by atoms with E-state index in [1.54, 1.807) is 0 Å². The molecule has 2 rings (SSSR count). The first-order valence-corrected chi connectivity index (χ1v) is 6.41. The van der Waals surface area contributed by atoms with Crippen LogP contribution >= 0.6 is 0 Å². The van der Waals surface area contributed by atoms with E-state index in [0.29, 0.717) is 18.5 Å². The smallest absolute Gasteiger partial charge is 0.323 e. The molecule has 0 amide bonds. The van der Waals surface area contributed by atoms with Crippen LogP contribution in [0, 0.1) is 0 Å². The van der Waals surface area contributed by atoms with Gasteiger partial charge in [0, 0.05) is 19.7 Å². The van der Waals surface area contributed by atoms with Crippen LogP contribution in [0.5, 0.6) is 6.01 Å². The average molecular weight is 268 g/mol. The maximum absolute atomic E-state index is 5.50. The van der Waals surface area contributed by atoms with Gasteiger partial charge in [0.15, 0.2) is 0 Å². The minimum atomic E-state index is -0.00617. The zero-order valence-electron chi connectivity index (χ0n) is 11.3. The monoisotopic (exact) mass is 268 g/mol. The highest BCUT2D eigenvalue weighted by Gasteiger charge is 2.16. The van der Waals surface area contributed by atoms with Gasteiger partial charge in [-0.1, -0.05) is 0 Å². The normalized spacial score (nSPS) is 16.3. The van der Waals surface area contributed by atoms with E-state index in [0.717, 1.165) is 26.1 Å². The summed E-state index contributed by atoms with van der Waals surface area (Å²) in [4.78, 5) is 14.7. The number of nitrogen functional groups attached to an aromatic ring is 1. The molecular formula is C11H20N6O2. The third-order valence-corrected chi connectivity index (χ3v) is 2.58. The summed E-state index contributed by atoms with van der Waals surface area (Å²) in [5.41, 5.74) is 2.44. The number of hydrogen-bond donors (Lipinski definition) is 2. The minimum Gasteiger partial charge on any atom is -0.461 e. The summed E-state index contributed by atoms with van der Waals surface area (Å²) in [5, 5.41) is 0. The molecule has 0 bridgehead atoms. The molecule has 1 saturated heterocycles. The number of hydrogen-bond acceptors (Lipinski definition) is 8. The first-order chi connectivity index (χ1) is 9.19. The van der Waals surface area contributed by atoms with Crippen molar-refractivity contribution >= 4 is 11.9 Å². The van der Waals surface area contributed by atoms with E-state index in [9.17, 15) is 0 Å². The summed E-state index contributed by atoms with van der Waals surface area (Å²) >= 11 is 0. The fourth-order valence-corrected chi connectivity index (χ4v) is 1.76. The predicted molar refractivity (Wildman–Crippen MR) is 71.1 cm³/mol. The lowest BCUT2D eigenvalue weighted by Crippen LogP contribution is -2.29. The first kappa shape index (κ1) is 13.8. The van der Waals surface area contributed by atoms with Crippen molar-refractivity contribution in [3.05, 3.63) is 0 Å². The lowest BCUT2D eigenvalue weighted by Gasteiger charge is -2.20. The molecule has 1 aliphatic rings. The quantitative estimate of drug-likeness (QED) is 0.589. The van der Waals surface area contributed by atoms with Crippen LogP contribution in [-0.2, 0) is 4.74 Å². The summed E-state index contributed by atoms with van der Waals surface area (Å²) < 4.78 is 10.9.